The van der Waals surface area contributed by atoms with E-state index >= 15 is 0 Å². The van der Waals surface area contributed by atoms with Crippen molar-refractivity contribution in [1.29, 1.82) is 0 Å². The number of amides is 1. The van der Waals surface area contributed by atoms with Crippen LogP contribution < -0.4 is 15.8 Å². The van der Waals surface area contributed by atoms with Crippen molar-refractivity contribution in [2.75, 3.05) is 44.3 Å². The van der Waals surface area contributed by atoms with Crippen LogP contribution in [0.3, 0.4) is 0 Å². The van der Waals surface area contributed by atoms with E-state index in [0.717, 1.165) is 13.1 Å². The molecule has 0 aromatic carbocycles. The van der Waals surface area contributed by atoms with Crippen LogP contribution in [0.2, 0.25) is 0 Å². The first-order chi connectivity index (χ1) is 28.3. The third-order valence-corrected chi connectivity index (χ3v) is 20.3. The topological polar surface area (TPSA) is 152 Å². The van der Waals surface area contributed by atoms with Gasteiger partial charge in [-0.15, -0.1) is 0 Å². The molecule has 0 radical (unpaired) electrons. The number of sulfone groups is 1. The molecule has 8 rings (SSSR count). The molecule has 1 aromatic heterocycles. The number of carboxylic acids is 1. The largest absolute Gasteiger partial charge is 0.481 e. The Morgan fingerprint density at radius 2 is 1.70 bits per heavy atom. The molecule has 4 N–H and O–H groups in total. The molecule has 2 unspecified atom stereocenters. The van der Waals surface area contributed by atoms with E-state index in [4.69, 9.17) is 10.5 Å². The Hall–Kier alpha value is -3.02. The minimum absolute atomic E-state index is 0.0249. The highest BCUT2D eigenvalue weighted by Gasteiger charge is 2.69. The molecular formula is C49H72N4O6S. The maximum atomic E-state index is 12.8. The third-order valence-electron chi connectivity index (χ3n) is 18.6. The number of carboxylic acid groups (broad SMARTS) is 1. The summed E-state index contributed by atoms with van der Waals surface area (Å²) in [5.41, 5.74) is 9.09. The molecule has 6 aliphatic carbocycles. The smallest absolute Gasteiger partial charge is 0.313 e. The standard InChI is InChI=1S/C49H72N4O6S/c1-31(2)34-15-20-49(51-23-24-53-25-27-60(57,58)28-26-53)22-21-47(7)37(42(34)49)12-11-36-41-32(3)29-38(45(4,5)35(41)16-17-46(36,47)6)33-13-18-48(19-14-33,44(55)56)30-59-40-10-8-9-39(52-40)43(50)54/h8-10,13,29,32,34-37,41-42,51H,1,11-12,14-28,30H2,2-7H3,(H2,50,54)(H,55,56)/t32?,34-,35+,36+,37+,41-,42+,46+,47+,48?,49-/m0/s1. The van der Waals surface area contributed by atoms with Gasteiger partial charge in [-0.05, 0) is 152 Å². The molecule has 11 heteroatoms. The Balaban J connectivity index is 0.999. The van der Waals surface area contributed by atoms with E-state index in [-0.39, 0.29) is 51.5 Å². The van der Waals surface area contributed by atoms with Crippen molar-refractivity contribution in [3.05, 3.63) is 59.3 Å². The number of hydrogen-bond donors (Lipinski definition) is 3. The number of carbonyl (C=O) groups is 2. The van der Waals surface area contributed by atoms with Crippen molar-refractivity contribution in [3.8, 4) is 5.88 Å². The Morgan fingerprint density at radius 1 is 0.983 bits per heavy atom. The second kappa shape index (κ2) is 15.7. The molecule has 10 nitrogen and oxygen atoms in total. The summed E-state index contributed by atoms with van der Waals surface area (Å²) in [5, 5.41) is 14.7. The number of pyridine rings is 1. The zero-order valence-electron chi connectivity index (χ0n) is 37.2. The van der Waals surface area contributed by atoms with Crippen molar-refractivity contribution in [1.82, 2.24) is 15.2 Å². The van der Waals surface area contributed by atoms with Gasteiger partial charge in [0.05, 0.1) is 11.5 Å². The normalized spacial score (nSPS) is 40.7. The predicted molar refractivity (Wildman–Crippen MR) is 236 cm³/mol. The zero-order chi connectivity index (χ0) is 43.0. The van der Waals surface area contributed by atoms with Gasteiger partial charge in [0.15, 0.2) is 9.84 Å². The predicted octanol–water partition coefficient (Wildman–Crippen LogP) is 7.86. The first-order valence-corrected chi connectivity index (χ1v) is 25.0. The molecule has 11 atom stereocenters. The van der Waals surface area contributed by atoms with Gasteiger partial charge in [-0.3, -0.25) is 9.59 Å². The average Bonchev–Trinajstić information content (AvgIpc) is 3.59. The summed E-state index contributed by atoms with van der Waals surface area (Å²) in [6, 6.07) is 4.80. The molecule has 1 aliphatic heterocycles. The van der Waals surface area contributed by atoms with Gasteiger partial charge in [-0.1, -0.05) is 65.0 Å². The number of primary amides is 1. The third kappa shape index (κ3) is 7.22. The van der Waals surface area contributed by atoms with Crippen LogP contribution in [0.25, 0.3) is 0 Å². The number of allylic oxidation sites excluding steroid dienone is 5. The molecule has 2 heterocycles. The highest BCUT2D eigenvalue weighted by atomic mass is 32.2. The van der Waals surface area contributed by atoms with E-state index in [2.05, 4.69) is 75.5 Å². The van der Waals surface area contributed by atoms with E-state index in [1.165, 1.54) is 74.2 Å². The van der Waals surface area contributed by atoms with Crippen molar-refractivity contribution in [2.24, 2.45) is 68.8 Å². The summed E-state index contributed by atoms with van der Waals surface area (Å²) in [7, 11) is -2.88. The lowest BCUT2D eigenvalue weighted by molar-refractivity contribution is -0.201. The monoisotopic (exact) mass is 845 g/mol. The summed E-state index contributed by atoms with van der Waals surface area (Å²) in [5.74, 6) is 3.28. The van der Waals surface area contributed by atoms with Crippen molar-refractivity contribution in [2.45, 2.75) is 118 Å². The van der Waals surface area contributed by atoms with Crippen LogP contribution in [0.4, 0.5) is 0 Å². The van der Waals surface area contributed by atoms with Gasteiger partial charge in [0.2, 0.25) is 5.88 Å². The van der Waals surface area contributed by atoms with Gasteiger partial charge >= 0.3 is 5.97 Å². The summed E-state index contributed by atoms with van der Waals surface area (Å²) in [6.45, 7) is 22.8. The lowest BCUT2D eigenvalue weighted by Gasteiger charge is -2.70. The number of rotatable bonds is 11. The van der Waals surface area contributed by atoms with Crippen LogP contribution in [-0.2, 0) is 14.6 Å². The Labute approximate surface area is 359 Å². The minimum Gasteiger partial charge on any atom is -0.481 e. The van der Waals surface area contributed by atoms with Crippen LogP contribution in [0, 0.1) is 63.1 Å². The Kier molecular flexibility index (Phi) is 11.4. The molecule has 1 amide bonds. The molecule has 330 valence electrons. The highest BCUT2D eigenvalue weighted by Crippen LogP contribution is 2.74. The van der Waals surface area contributed by atoms with Gasteiger partial charge in [-0.2, -0.15) is 0 Å². The van der Waals surface area contributed by atoms with Crippen molar-refractivity contribution in [3.63, 3.8) is 0 Å². The lowest BCUT2D eigenvalue weighted by atomic mass is 9.35. The number of nitrogens with zero attached hydrogens (tertiary/aromatic N) is 2. The number of aromatic nitrogens is 1. The number of nitrogens with one attached hydrogen (secondary N) is 1. The van der Waals surface area contributed by atoms with Crippen LogP contribution in [-0.4, -0.2) is 85.1 Å². The molecule has 1 aromatic rings. The van der Waals surface area contributed by atoms with Gasteiger partial charge in [0.25, 0.3) is 5.91 Å². The summed E-state index contributed by atoms with van der Waals surface area (Å²) in [4.78, 5) is 31.0. The van der Waals surface area contributed by atoms with E-state index in [1.807, 2.05) is 0 Å². The van der Waals surface area contributed by atoms with Crippen molar-refractivity contribution < 1.29 is 27.9 Å². The van der Waals surface area contributed by atoms with Crippen LogP contribution >= 0.6 is 0 Å². The molecule has 1 saturated heterocycles. The van der Waals surface area contributed by atoms with E-state index in [0.29, 0.717) is 73.8 Å². The molecule has 60 heavy (non-hydrogen) atoms. The van der Waals surface area contributed by atoms with Crippen LogP contribution in [0.5, 0.6) is 5.88 Å². The van der Waals surface area contributed by atoms with E-state index in [9.17, 15) is 23.1 Å². The van der Waals surface area contributed by atoms with Gasteiger partial charge in [0, 0.05) is 37.8 Å². The van der Waals surface area contributed by atoms with Crippen LogP contribution in [0.15, 0.2) is 53.6 Å². The van der Waals surface area contributed by atoms with E-state index < -0.39 is 27.1 Å². The molecule has 0 spiro atoms. The molecule has 0 bridgehead atoms. The van der Waals surface area contributed by atoms with Crippen LogP contribution in [0.1, 0.15) is 123 Å². The SMILES string of the molecule is C=C(C)[C@@H]1CC[C@]2(NCCN3CCS(=O)(=O)CC3)CC[C@]3(C)[C@H](CC[C@@H]4[C@H]5C(C)C=C(C6=CCC(COc7cccc(C(N)=O)n7)(C(=O)O)CC6)C(C)(C)[C@@H]5CC[C@]43C)[C@@H]12. The average molecular weight is 845 g/mol. The molecule has 4 saturated carbocycles. The Morgan fingerprint density at radius 3 is 2.37 bits per heavy atom. The fourth-order valence-electron chi connectivity index (χ4n) is 15.0. The molecule has 5 fully saturated rings. The second-order valence-electron chi connectivity index (χ2n) is 21.6. The quantitative estimate of drug-likeness (QED) is 0.189. The highest BCUT2D eigenvalue weighted by molar-refractivity contribution is 7.91. The van der Waals surface area contributed by atoms with Gasteiger partial charge in [0.1, 0.15) is 17.7 Å². The Bertz CT molecular complexity index is 2050. The number of nitrogens with two attached hydrogens (primary N) is 1. The van der Waals surface area contributed by atoms with Gasteiger partial charge in [-0.25, -0.2) is 13.4 Å². The molecule has 7 aliphatic rings. The second-order valence-corrected chi connectivity index (χ2v) is 23.9. The number of aliphatic carboxylic acids is 1. The summed E-state index contributed by atoms with van der Waals surface area (Å²) < 4.78 is 30.1. The summed E-state index contributed by atoms with van der Waals surface area (Å²) in [6.07, 6.45) is 16.2. The fraction of sp³-hybridized carbons (Fsp3) is 0.735. The maximum Gasteiger partial charge on any atom is 0.313 e. The first kappa shape index (κ1) is 43.6. The maximum absolute atomic E-state index is 12.8. The number of carbonyl (C=O) groups excluding carboxylic acids is 1. The number of fused-ring (bicyclic) bond motifs is 7. The van der Waals surface area contributed by atoms with E-state index in [1.54, 1.807) is 12.1 Å². The number of hydrogen-bond acceptors (Lipinski definition) is 8. The van der Waals surface area contributed by atoms with Crippen molar-refractivity contribution >= 4 is 21.7 Å². The fourth-order valence-corrected chi connectivity index (χ4v) is 16.3. The number of ether oxygens (including phenoxy) is 1. The zero-order valence-corrected chi connectivity index (χ0v) is 38.0. The lowest BCUT2D eigenvalue weighted by Crippen LogP contribution is -2.67. The molecular weight excluding hydrogens is 773 g/mol. The first-order valence-electron chi connectivity index (χ1n) is 23.1. The van der Waals surface area contributed by atoms with Gasteiger partial charge < -0.3 is 25.8 Å². The minimum atomic E-state index is -2.88. The summed E-state index contributed by atoms with van der Waals surface area (Å²) >= 11 is 0.